The van der Waals surface area contributed by atoms with Crippen molar-refractivity contribution in [2.75, 3.05) is 24.5 Å². The fourth-order valence-electron chi connectivity index (χ4n) is 4.36. The molecule has 0 aliphatic carbocycles. The van der Waals surface area contributed by atoms with Crippen LogP contribution in [0, 0.1) is 18.3 Å². The summed E-state index contributed by atoms with van der Waals surface area (Å²) in [5, 5.41) is 18.5. The summed E-state index contributed by atoms with van der Waals surface area (Å²) in [5.41, 5.74) is 2.05. The van der Waals surface area contributed by atoms with E-state index in [9.17, 15) is 10.1 Å². The summed E-state index contributed by atoms with van der Waals surface area (Å²) in [4.78, 5) is 29.3. The summed E-state index contributed by atoms with van der Waals surface area (Å²) in [6.07, 6.45) is 4.42. The number of anilines is 1. The van der Waals surface area contributed by atoms with Crippen molar-refractivity contribution in [2.45, 2.75) is 19.9 Å². The third-order valence-electron chi connectivity index (χ3n) is 6.15. The van der Waals surface area contributed by atoms with Crippen LogP contribution in [-0.2, 0) is 4.79 Å². The van der Waals surface area contributed by atoms with Crippen LogP contribution >= 0.6 is 11.6 Å². The number of ether oxygens (including phenoxy) is 1. The average molecular weight is 489 g/mol. The van der Waals surface area contributed by atoms with Crippen molar-refractivity contribution in [1.82, 2.24) is 30.0 Å². The number of carbonyl (C=O) groups excluding carboxylic acids is 1. The molecule has 0 bridgehead atoms. The van der Waals surface area contributed by atoms with Crippen LogP contribution < -0.4 is 9.64 Å². The maximum atomic E-state index is 12.1. The maximum Gasteiger partial charge on any atom is 0.247 e. The molecule has 0 spiro atoms. The van der Waals surface area contributed by atoms with Crippen molar-refractivity contribution in [1.29, 1.82) is 5.26 Å². The van der Waals surface area contributed by atoms with Gasteiger partial charge in [0, 0.05) is 36.3 Å². The number of hydrogen-bond donors (Lipinski definition) is 1. The van der Waals surface area contributed by atoms with Crippen LogP contribution in [0.15, 0.2) is 37.3 Å². The maximum absolute atomic E-state index is 12.1. The number of aromatic nitrogens is 5. The van der Waals surface area contributed by atoms with Crippen LogP contribution in [0.3, 0.4) is 0 Å². The molecule has 1 amide bonds. The highest BCUT2D eigenvalue weighted by Crippen LogP contribution is 2.39. The van der Waals surface area contributed by atoms with Crippen LogP contribution in [0.1, 0.15) is 18.2 Å². The van der Waals surface area contributed by atoms with Crippen molar-refractivity contribution in [2.24, 2.45) is 0 Å². The van der Waals surface area contributed by atoms with E-state index in [1.54, 1.807) is 23.2 Å². The zero-order valence-corrected chi connectivity index (χ0v) is 19.9. The first-order valence-corrected chi connectivity index (χ1v) is 11.3. The van der Waals surface area contributed by atoms with E-state index < -0.39 is 0 Å². The third kappa shape index (κ3) is 3.90. The van der Waals surface area contributed by atoms with Gasteiger partial charge in [-0.3, -0.25) is 9.89 Å². The molecule has 0 radical (unpaired) electrons. The Kier molecular flexibility index (Phi) is 5.70. The third-order valence-corrected chi connectivity index (χ3v) is 6.54. The molecule has 0 unspecified atom stereocenters. The fraction of sp³-hybridized carbons (Fsp3) is 0.250. The summed E-state index contributed by atoms with van der Waals surface area (Å²) in [6, 6.07) is 5.49. The number of nitriles is 1. The smallest absolute Gasteiger partial charge is 0.247 e. The summed E-state index contributed by atoms with van der Waals surface area (Å²) in [5.74, 6) is 1.20. The molecule has 4 heterocycles. The number of amides is 1. The van der Waals surface area contributed by atoms with E-state index >= 15 is 0 Å². The number of piperazine rings is 1. The molecule has 1 fully saturated rings. The van der Waals surface area contributed by atoms with E-state index in [1.807, 2.05) is 13.8 Å². The number of rotatable bonds is 4. The zero-order valence-electron chi connectivity index (χ0n) is 19.1. The second-order valence-electron chi connectivity index (χ2n) is 8.29. The number of aromatic amines is 1. The number of hydrogen-bond acceptors (Lipinski definition) is 8. The van der Waals surface area contributed by atoms with Gasteiger partial charge in [-0.2, -0.15) is 10.4 Å². The first-order chi connectivity index (χ1) is 16.9. The van der Waals surface area contributed by atoms with E-state index in [1.165, 1.54) is 12.4 Å². The van der Waals surface area contributed by atoms with Gasteiger partial charge in [-0.05, 0) is 32.1 Å². The summed E-state index contributed by atoms with van der Waals surface area (Å²) >= 11 is 6.41. The van der Waals surface area contributed by atoms with E-state index in [4.69, 9.17) is 16.3 Å². The van der Waals surface area contributed by atoms with Gasteiger partial charge < -0.3 is 14.5 Å². The molecule has 11 heteroatoms. The van der Waals surface area contributed by atoms with E-state index in [-0.39, 0.29) is 23.5 Å². The van der Waals surface area contributed by atoms with Gasteiger partial charge in [0.2, 0.25) is 11.8 Å². The summed E-state index contributed by atoms with van der Waals surface area (Å²) in [7, 11) is 0. The van der Waals surface area contributed by atoms with Crippen LogP contribution in [-0.4, -0.2) is 61.6 Å². The Labute approximate surface area is 205 Å². The predicted octanol–water partition coefficient (Wildman–Crippen LogP) is 3.75. The quantitative estimate of drug-likeness (QED) is 0.431. The lowest BCUT2D eigenvalue weighted by Gasteiger charge is -2.40. The van der Waals surface area contributed by atoms with E-state index in [0.717, 1.165) is 5.39 Å². The molecule has 1 aliphatic heterocycles. The van der Waals surface area contributed by atoms with Crippen LogP contribution in [0.2, 0.25) is 5.02 Å². The van der Waals surface area contributed by atoms with Crippen LogP contribution in [0.25, 0.3) is 21.8 Å². The van der Waals surface area contributed by atoms with Gasteiger partial charge in [-0.15, -0.1) is 0 Å². The lowest BCUT2D eigenvalue weighted by Crippen LogP contribution is -2.54. The minimum Gasteiger partial charge on any atom is -0.436 e. The van der Waals surface area contributed by atoms with E-state index in [2.05, 4.69) is 42.7 Å². The van der Waals surface area contributed by atoms with Gasteiger partial charge in [0.15, 0.2) is 0 Å². The number of H-pyrrole nitrogens is 1. The molecule has 5 rings (SSSR count). The second kappa shape index (κ2) is 8.85. The molecule has 4 aromatic rings. The molecule has 1 saturated heterocycles. The van der Waals surface area contributed by atoms with Gasteiger partial charge in [-0.1, -0.05) is 18.2 Å². The molecule has 1 N–H and O–H groups in total. The van der Waals surface area contributed by atoms with Gasteiger partial charge in [0.25, 0.3) is 0 Å². The summed E-state index contributed by atoms with van der Waals surface area (Å²) in [6.45, 7) is 9.06. The lowest BCUT2D eigenvalue weighted by atomic mass is 10.1. The first kappa shape index (κ1) is 22.6. The molecular formula is C24H21ClN8O2. The zero-order chi connectivity index (χ0) is 24.7. The Morgan fingerprint density at radius 1 is 1.34 bits per heavy atom. The highest BCUT2D eigenvalue weighted by molar-refractivity contribution is 6.32. The van der Waals surface area contributed by atoms with Crippen molar-refractivity contribution in [3.8, 4) is 17.7 Å². The van der Waals surface area contributed by atoms with Crippen molar-refractivity contribution in [3.05, 3.63) is 53.6 Å². The molecule has 10 nitrogen and oxygen atoms in total. The SMILES string of the molecule is C=CC(=O)N1CCN(c2ncnc3c(Oc4c(C)c(Cl)cc5[nH]ncc45)nc(C#N)cc23)C[C@H]1C. The van der Waals surface area contributed by atoms with Gasteiger partial charge >= 0.3 is 0 Å². The fourth-order valence-corrected chi connectivity index (χ4v) is 4.55. The Hall–Kier alpha value is -4.23. The number of halogens is 1. The average Bonchev–Trinajstić information content (AvgIpc) is 3.33. The monoisotopic (exact) mass is 488 g/mol. The Balaban J connectivity index is 1.60. The van der Waals surface area contributed by atoms with Crippen molar-refractivity contribution < 1.29 is 9.53 Å². The van der Waals surface area contributed by atoms with Gasteiger partial charge in [0.1, 0.15) is 35.2 Å². The Bertz CT molecular complexity index is 1530. The molecule has 1 aliphatic rings. The number of pyridine rings is 1. The molecule has 3 aromatic heterocycles. The Morgan fingerprint density at radius 3 is 2.91 bits per heavy atom. The highest BCUT2D eigenvalue weighted by Gasteiger charge is 2.28. The van der Waals surface area contributed by atoms with Crippen molar-refractivity contribution in [3.63, 3.8) is 0 Å². The highest BCUT2D eigenvalue weighted by atomic mass is 35.5. The number of carbonyl (C=O) groups is 1. The molecule has 1 atom stereocenters. The van der Waals surface area contributed by atoms with E-state index in [0.29, 0.717) is 58.2 Å². The number of fused-ring (bicyclic) bond motifs is 2. The topological polar surface area (TPSA) is 124 Å². The molecular weight excluding hydrogens is 468 g/mol. The van der Waals surface area contributed by atoms with Gasteiger partial charge in [0.05, 0.1) is 22.5 Å². The Morgan fingerprint density at radius 2 is 2.17 bits per heavy atom. The lowest BCUT2D eigenvalue weighted by molar-refractivity contribution is -0.128. The minimum absolute atomic E-state index is 0.0456. The second-order valence-corrected chi connectivity index (χ2v) is 8.70. The normalized spacial score (nSPS) is 15.9. The minimum atomic E-state index is -0.0983. The van der Waals surface area contributed by atoms with Gasteiger partial charge in [-0.25, -0.2) is 15.0 Å². The standard InChI is InChI=1S/C24H21ClN8O2/c1-4-20(34)33-6-5-32(11-13(33)2)23-16-7-15(9-26)30-24(21(16)27-12-28-23)35-22-14(3)18(25)8-19-17(22)10-29-31-19/h4,7-8,10,12-13H,1,5-6,11H2,2-3H3,(H,29,31)/t13-/m1/s1. The molecule has 1 aromatic carbocycles. The molecule has 176 valence electrons. The number of nitrogens with zero attached hydrogens (tertiary/aromatic N) is 7. The van der Waals surface area contributed by atoms with Crippen molar-refractivity contribution >= 4 is 45.1 Å². The molecule has 35 heavy (non-hydrogen) atoms. The first-order valence-electron chi connectivity index (χ1n) is 10.9. The number of benzene rings is 1. The van der Waals surface area contributed by atoms with Crippen LogP contribution in [0.5, 0.6) is 11.6 Å². The summed E-state index contributed by atoms with van der Waals surface area (Å²) < 4.78 is 6.26. The van der Waals surface area contributed by atoms with Crippen LogP contribution in [0.4, 0.5) is 5.82 Å². The molecule has 0 saturated carbocycles. The number of nitrogens with one attached hydrogen (secondary N) is 1. The predicted molar refractivity (Wildman–Crippen MR) is 132 cm³/mol. The largest absolute Gasteiger partial charge is 0.436 e.